The molecular formula is C17H17N3O5S2. The van der Waals surface area contributed by atoms with Crippen molar-refractivity contribution in [2.45, 2.75) is 10.8 Å². The molecule has 0 amide bonds. The van der Waals surface area contributed by atoms with Gasteiger partial charge in [0.1, 0.15) is 0 Å². The number of rotatable bonds is 6. The molecule has 1 saturated heterocycles. The molecule has 0 aliphatic carbocycles. The first-order valence-electron chi connectivity index (χ1n) is 8.11. The van der Waals surface area contributed by atoms with Crippen LogP contribution in [-0.2, 0) is 10.0 Å². The highest BCUT2D eigenvalue weighted by atomic mass is 32.2. The maximum absolute atomic E-state index is 12.8. The van der Waals surface area contributed by atoms with Gasteiger partial charge in [-0.25, -0.2) is 8.42 Å². The molecule has 1 fully saturated rings. The molecule has 142 valence electrons. The Balaban J connectivity index is 1.49. The average Bonchev–Trinajstić information content (AvgIpc) is 3.31. The Labute approximate surface area is 160 Å². The first kappa shape index (κ1) is 18.0. The van der Waals surface area contributed by atoms with Crippen LogP contribution in [0.25, 0.3) is 11.4 Å². The molecule has 8 nitrogen and oxygen atoms in total. The fourth-order valence-electron chi connectivity index (χ4n) is 2.83. The maximum atomic E-state index is 12.8. The predicted molar refractivity (Wildman–Crippen MR) is 98.7 cm³/mol. The number of nitrogens with zero attached hydrogens (tertiary/aromatic N) is 3. The van der Waals surface area contributed by atoms with Crippen LogP contribution in [-0.4, -0.2) is 50.2 Å². The van der Waals surface area contributed by atoms with Crippen LogP contribution in [0.15, 0.2) is 44.4 Å². The van der Waals surface area contributed by atoms with Crippen molar-refractivity contribution in [2.24, 2.45) is 0 Å². The third kappa shape index (κ3) is 3.20. The number of hydrogen-bond donors (Lipinski definition) is 0. The molecule has 1 aromatic carbocycles. The lowest BCUT2D eigenvalue weighted by molar-refractivity contribution is 0.216. The summed E-state index contributed by atoms with van der Waals surface area (Å²) in [6.07, 6.45) is 0. The Morgan fingerprint density at radius 2 is 1.96 bits per heavy atom. The topological polar surface area (TPSA) is 94.8 Å². The van der Waals surface area contributed by atoms with E-state index in [4.69, 9.17) is 14.0 Å². The number of ether oxygens (including phenoxy) is 2. The van der Waals surface area contributed by atoms with Gasteiger partial charge in [0.2, 0.25) is 21.7 Å². The van der Waals surface area contributed by atoms with E-state index in [1.165, 1.54) is 30.7 Å². The number of sulfonamides is 1. The Bertz CT molecular complexity index is 1040. The number of hydrogen-bond acceptors (Lipinski definition) is 8. The summed E-state index contributed by atoms with van der Waals surface area (Å²) in [4.78, 5) is 4.54. The van der Waals surface area contributed by atoms with Crippen LogP contribution in [0.3, 0.4) is 0 Å². The lowest BCUT2D eigenvalue weighted by Crippen LogP contribution is -2.48. The largest absolute Gasteiger partial charge is 0.493 e. The van der Waals surface area contributed by atoms with Gasteiger partial charge in [-0.3, -0.25) is 0 Å². The minimum Gasteiger partial charge on any atom is -0.493 e. The van der Waals surface area contributed by atoms with Crippen LogP contribution in [0.4, 0.5) is 0 Å². The molecule has 0 unspecified atom stereocenters. The van der Waals surface area contributed by atoms with Gasteiger partial charge in [-0.05, 0) is 23.6 Å². The van der Waals surface area contributed by atoms with Crippen LogP contribution in [0.2, 0.25) is 0 Å². The normalized spacial score (nSPS) is 15.5. The van der Waals surface area contributed by atoms with Gasteiger partial charge in [-0.1, -0.05) is 5.16 Å². The van der Waals surface area contributed by atoms with Crippen LogP contribution in [0, 0.1) is 0 Å². The van der Waals surface area contributed by atoms with Gasteiger partial charge in [0.15, 0.2) is 11.5 Å². The number of thiophene rings is 1. The molecule has 2 aromatic heterocycles. The molecule has 0 saturated carbocycles. The van der Waals surface area contributed by atoms with Crippen LogP contribution in [0.1, 0.15) is 11.8 Å². The van der Waals surface area contributed by atoms with Gasteiger partial charge in [-0.2, -0.15) is 20.6 Å². The van der Waals surface area contributed by atoms with Crippen molar-refractivity contribution in [2.75, 3.05) is 27.3 Å². The molecule has 1 aliphatic heterocycles. The molecule has 3 aromatic rings. The molecule has 3 heterocycles. The van der Waals surface area contributed by atoms with Crippen LogP contribution >= 0.6 is 11.3 Å². The third-order valence-electron chi connectivity index (χ3n) is 4.41. The molecule has 27 heavy (non-hydrogen) atoms. The molecule has 0 N–H and O–H groups in total. The summed E-state index contributed by atoms with van der Waals surface area (Å²) in [6, 6.07) is 6.45. The molecule has 10 heteroatoms. The van der Waals surface area contributed by atoms with Gasteiger partial charge in [0, 0.05) is 30.1 Å². The summed E-state index contributed by atoms with van der Waals surface area (Å²) < 4.78 is 42.7. The lowest BCUT2D eigenvalue weighted by atomic mass is 10.0. The molecular weight excluding hydrogens is 390 g/mol. The number of aromatic nitrogens is 2. The number of methoxy groups -OCH3 is 2. The monoisotopic (exact) mass is 407 g/mol. The Hall–Kier alpha value is -2.43. The van der Waals surface area contributed by atoms with Crippen molar-refractivity contribution >= 4 is 21.4 Å². The summed E-state index contributed by atoms with van der Waals surface area (Å²) in [7, 11) is -0.660. The fraction of sp³-hybridized carbons (Fsp3) is 0.294. The summed E-state index contributed by atoms with van der Waals surface area (Å²) in [5, 5.41) is 7.84. The van der Waals surface area contributed by atoms with Gasteiger partial charge in [0.05, 0.1) is 25.0 Å². The maximum Gasteiger partial charge on any atom is 0.243 e. The summed E-state index contributed by atoms with van der Waals surface area (Å²) in [5.41, 5.74) is 0.893. The van der Waals surface area contributed by atoms with E-state index >= 15 is 0 Å². The number of benzene rings is 1. The Morgan fingerprint density at radius 1 is 1.19 bits per heavy atom. The van der Waals surface area contributed by atoms with Gasteiger partial charge in [-0.15, -0.1) is 0 Å². The summed E-state index contributed by atoms with van der Waals surface area (Å²) in [5.74, 6) is 1.71. The second-order valence-electron chi connectivity index (χ2n) is 6.00. The highest BCUT2D eigenvalue weighted by Gasteiger charge is 2.40. The van der Waals surface area contributed by atoms with Gasteiger partial charge >= 0.3 is 0 Å². The highest BCUT2D eigenvalue weighted by molar-refractivity contribution is 7.89. The Morgan fingerprint density at radius 3 is 2.63 bits per heavy atom. The first-order chi connectivity index (χ1) is 13.0. The second kappa shape index (κ2) is 6.95. The summed E-state index contributed by atoms with van der Waals surface area (Å²) in [6.45, 7) is 0.587. The van der Waals surface area contributed by atoms with E-state index in [9.17, 15) is 8.42 Å². The van der Waals surface area contributed by atoms with Gasteiger partial charge < -0.3 is 14.0 Å². The Kier molecular flexibility index (Phi) is 4.62. The molecule has 0 spiro atoms. The van der Waals surface area contributed by atoms with E-state index in [2.05, 4.69) is 10.1 Å². The van der Waals surface area contributed by atoms with Crippen molar-refractivity contribution in [3.8, 4) is 22.9 Å². The van der Waals surface area contributed by atoms with Crippen molar-refractivity contribution in [3.63, 3.8) is 0 Å². The summed E-state index contributed by atoms with van der Waals surface area (Å²) >= 11 is 1.55. The van der Waals surface area contributed by atoms with Crippen molar-refractivity contribution in [3.05, 3.63) is 40.9 Å². The van der Waals surface area contributed by atoms with E-state index in [0.717, 1.165) is 5.56 Å². The van der Waals surface area contributed by atoms with Crippen molar-refractivity contribution in [1.82, 2.24) is 14.4 Å². The second-order valence-corrected chi connectivity index (χ2v) is 8.72. The quantitative estimate of drug-likeness (QED) is 0.620. The molecule has 4 rings (SSSR count). The fourth-order valence-corrected chi connectivity index (χ4v) is 5.01. The minimum absolute atomic E-state index is 0.111. The van der Waals surface area contributed by atoms with E-state index in [1.54, 1.807) is 17.4 Å². The van der Waals surface area contributed by atoms with Crippen molar-refractivity contribution < 1.29 is 22.4 Å². The van der Waals surface area contributed by atoms with Crippen LogP contribution < -0.4 is 9.47 Å². The SMILES string of the molecule is COc1ccc(S(=O)(=O)N2CC(c3nc(-c4ccsc4)no3)C2)cc1OC. The predicted octanol–water partition coefficient (Wildman–Crippen LogP) is 2.60. The minimum atomic E-state index is -3.63. The van der Waals surface area contributed by atoms with E-state index in [-0.39, 0.29) is 10.8 Å². The van der Waals surface area contributed by atoms with E-state index in [0.29, 0.717) is 36.3 Å². The van der Waals surface area contributed by atoms with E-state index < -0.39 is 10.0 Å². The smallest absolute Gasteiger partial charge is 0.243 e. The molecule has 0 atom stereocenters. The molecule has 1 aliphatic rings. The van der Waals surface area contributed by atoms with Gasteiger partial charge in [0.25, 0.3) is 0 Å². The molecule has 0 radical (unpaired) electrons. The lowest BCUT2D eigenvalue weighted by Gasteiger charge is -2.35. The zero-order valence-corrected chi connectivity index (χ0v) is 16.3. The van der Waals surface area contributed by atoms with Crippen LogP contribution in [0.5, 0.6) is 11.5 Å². The van der Waals surface area contributed by atoms with E-state index in [1.807, 2.05) is 16.8 Å². The molecule has 0 bridgehead atoms. The average molecular weight is 407 g/mol. The zero-order valence-electron chi connectivity index (χ0n) is 14.7. The standard InChI is InChI=1S/C17H17N3O5S2/c1-23-14-4-3-13(7-15(14)24-2)27(21,22)20-8-12(9-20)17-18-16(19-25-17)11-5-6-26-10-11/h3-7,10,12H,8-9H2,1-2H3. The third-order valence-corrected chi connectivity index (χ3v) is 6.92. The zero-order chi connectivity index (χ0) is 19.0. The van der Waals surface area contributed by atoms with Crippen molar-refractivity contribution in [1.29, 1.82) is 0 Å². The highest BCUT2D eigenvalue weighted by Crippen LogP contribution is 2.35. The first-order valence-corrected chi connectivity index (χ1v) is 10.5.